The number of hydrogen-bond donors (Lipinski definition) is 1. The number of aryl methyl sites for hydroxylation is 1. The van der Waals surface area contributed by atoms with Gasteiger partial charge in [-0.15, -0.1) is 0 Å². The molecule has 108 valence electrons. The smallest absolute Gasteiger partial charge is 0.231 e. The summed E-state index contributed by atoms with van der Waals surface area (Å²) < 4.78 is 16.0. The number of rotatable bonds is 3. The number of ketones is 1. The van der Waals surface area contributed by atoms with Crippen LogP contribution in [-0.4, -0.2) is 12.6 Å². The highest BCUT2D eigenvalue weighted by atomic mass is 16.7. The lowest BCUT2D eigenvalue weighted by molar-refractivity contribution is 0.101. The molecule has 0 bridgehead atoms. The van der Waals surface area contributed by atoms with Crippen LogP contribution in [0.2, 0.25) is 0 Å². The molecule has 1 aromatic heterocycles. The van der Waals surface area contributed by atoms with Crippen LogP contribution in [0.25, 0.3) is 0 Å². The van der Waals surface area contributed by atoms with E-state index in [0.29, 0.717) is 22.9 Å². The predicted octanol–water partition coefficient (Wildman–Crippen LogP) is 2.62. The summed E-state index contributed by atoms with van der Waals surface area (Å²) in [5.74, 6) is 1.45. The van der Waals surface area contributed by atoms with Gasteiger partial charge in [0.15, 0.2) is 22.7 Å². The van der Waals surface area contributed by atoms with Crippen molar-refractivity contribution in [3.8, 4) is 11.5 Å². The van der Waals surface area contributed by atoms with Gasteiger partial charge in [0.05, 0.1) is 0 Å². The van der Waals surface area contributed by atoms with E-state index in [9.17, 15) is 9.59 Å². The Hall–Kier alpha value is -2.76. The van der Waals surface area contributed by atoms with Crippen LogP contribution in [-0.2, 0) is 0 Å². The van der Waals surface area contributed by atoms with Crippen LogP contribution in [0, 0.1) is 6.92 Å². The Morgan fingerprint density at radius 1 is 1.19 bits per heavy atom. The topological polar surface area (TPSA) is 77.8 Å². The Morgan fingerprint density at radius 3 is 2.71 bits per heavy atom. The van der Waals surface area contributed by atoms with Gasteiger partial charge in [0.2, 0.25) is 12.7 Å². The van der Waals surface area contributed by atoms with Gasteiger partial charge >= 0.3 is 0 Å². The van der Waals surface area contributed by atoms with E-state index in [-0.39, 0.29) is 29.5 Å². The molecule has 3 rings (SSSR count). The molecule has 1 aliphatic rings. The van der Waals surface area contributed by atoms with Crippen LogP contribution in [0.5, 0.6) is 11.5 Å². The standard InChI is InChI=1S/C15H13NO5/c1-8-5-11(18)14(9(2)17)15(21-8)16-10-3-4-12-13(6-10)20-7-19-12/h3-6,16H,7H2,1-2H3. The Kier molecular flexibility index (Phi) is 3.13. The number of Topliss-reactive ketones (excluding diaryl/α,β-unsaturated/α-hetero) is 1. The molecule has 0 spiro atoms. The van der Waals surface area contributed by atoms with E-state index in [2.05, 4.69) is 5.32 Å². The van der Waals surface area contributed by atoms with Crippen molar-refractivity contribution >= 4 is 17.4 Å². The van der Waals surface area contributed by atoms with Gasteiger partial charge in [-0.3, -0.25) is 9.59 Å². The highest BCUT2D eigenvalue weighted by Crippen LogP contribution is 2.35. The lowest BCUT2D eigenvalue weighted by Crippen LogP contribution is -2.15. The van der Waals surface area contributed by atoms with Crippen LogP contribution >= 0.6 is 0 Å². The molecule has 0 saturated carbocycles. The van der Waals surface area contributed by atoms with Gasteiger partial charge in [-0.05, 0) is 26.0 Å². The zero-order valence-electron chi connectivity index (χ0n) is 11.6. The summed E-state index contributed by atoms with van der Waals surface area (Å²) >= 11 is 0. The largest absolute Gasteiger partial charge is 0.454 e. The first-order valence-corrected chi connectivity index (χ1v) is 6.37. The molecule has 1 aromatic carbocycles. The van der Waals surface area contributed by atoms with Crippen LogP contribution < -0.4 is 20.2 Å². The molecule has 1 aliphatic heterocycles. The van der Waals surface area contributed by atoms with Crippen molar-refractivity contribution < 1.29 is 18.7 Å². The van der Waals surface area contributed by atoms with Crippen LogP contribution in [0.4, 0.5) is 11.6 Å². The summed E-state index contributed by atoms with van der Waals surface area (Å²) in [4.78, 5) is 23.5. The second kappa shape index (κ2) is 4.97. The third-order valence-electron chi connectivity index (χ3n) is 3.05. The maximum Gasteiger partial charge on any atom is 0.231 e. The lowest BCUT2D eigenvalue weighted by Gasteiger charge is -2.10. The van der Waals surface area contributed by atoms with Crippen molar-refractivity contribution in [3.05, 3.63) is 45.8 Å². The van der Waals surface area contributed by atoms with E-state index in [1.54, 1.807) is 25.1 Å². The van der Waals surface area contributed by atoms with Gasteiger partial charge in [0.25, 0.3) is 0 Å². The molecule has 0 fully saturated rings. The Bertz CT molecular complexity index is 778. The van der Waals surface area contributed by atoms with Crippen molar-refractivity contribution in [2.75, 3.05) is 12.1 Å². The molecule has 0 unspecified atom stereocenters. The number of benzene rings is 1. The molecule has 6 heteroatoms. The highest BCUT2D eigenvalue weighted by Gasteiger charge is 2.18. The first-order chi connectivity index (χ1) is 10.0. The molecule has 2 heterocycles. The van der Waals surface area contributed by atoms with Crippen LogP contribution in [0.1, 0.15) is 23.0 Å². The molecule has 0 saturated heterocycles. The number of ether oxygens (including phenoxy) is 2. The predicted molar refractivity (Wildman–Crippen MR) is 75.6 cm³/mol. The van der Waals surface area contributed by atoms with E-state index in [4.69, 9.17) is 13.9 Å². The molecule has 2 aromatic rings. The minimum absolute atomic E-state index is 0.00160. The average molecular weight is 287 g/mol. The van der Waals surface area contributed by atoms with E-state index < -0.39 is 0 Å². The fourth-order valence-electron chi connectivity index (χ4n) is 2.14. The number of nitrogens with one attached hydrogen (secondary N) is 1. The zero-order valence-corrected chi connectivity index (χ0v) is 11.6. The maximum atomic E-state index is 11.9. The Labute approximate surface area is 120 Å². The fraction of sp³-hybridized carbons (Fsp3) is 0.200. The minimum Gasteiger partial charge on any atom is -0.454 e. The molecule has 1 N–H and O–H groups in total. The van der Waals surface area contributed by atoms with Gasteiger partial charge in [-0.1, -0.05) is 0 Å². The summed E-state index contributed by atoms with van der Waals surface area (Å²) in [6, 6.07) is 6.50. The SMILES string of the molecule is CC(=O)c1c(Nc2ccc3c(c2)OCO3)oc(C)cc1=O. The highest BCUT2D eigenvalue weighted by molar-refractivity contribution is 5.98. The first kappa shape index (κ1) is 13.2. The third-order valence-corrected chi connectivity index (χ3v) is 3.05. The summed E-state index contributed by atoms with van der Waals surface area (Å²) in [5, 5.41) is 2.94. The molecule has 21 heavy (non-hydrogen) atoms. The van der Waals surface area contributed by atoms with Crippen molar-refractivity contribution in [1.82, 2.24) is 0 Å². The summed E-state index contributed by atoms with van der Waals surface area (Å²) in [6.07, 6.45) is 0. The van der Waals surface area contributed by atoms with E-state index in [1.807, 2.05) is 0 Å². The van der Waals surface area contributed by atoms with Crippen molar-refractivity contribution in [2.45, 2.75) is 13.8 Å². The van der Waals surface area contributed by atoms with Crippen LogP contribution in [0.15, 0.2) is 33.5 Å². The fourth-order valence-corrected chi connectivity index (χ4v) is 2.14. The lowest BCUT2D eigenvalue weighted by atomic mass is 10.1. The summed E-state index contributed by atoms with van der Waals surface area (Å²) in [5.41, 5.74) is 0.267. The van der Waals surface area contributed by atoms with Crippen LogP contribution in [0.3, 0.4) is 0 Å². The van der Waals surface area contributed by atoms with Gasteiger partial charge in [-0.25, -0.2) is 0 Å². The average Bonchev–Trinajstić information content (AvgIpc) is 2.84. The Balaban J connectivity index is 2.02. The molecule has 0 aliphatic carbocycles. The number of carbonyl (C=O) groups excluding carboxylic acids is 1. The molecule has 0 amide bonds. The number of anilines is 2. The molecule has 6 nitrogen and oxygen atoms in total. The van der Waals surface area contributed by atoms with Crippen molar-refractivity contribution in [2.24, 2.45) is 0 Å². The van der Waals surface area contributed by atoms with Gasteiger partial charge in [0.1, 0.15) is 11.3 Å². The van der Waals surface area contributed by atoms with E-state index in [0.717, 1.165) is 0 Å². The zero-order chi connectivity index (χ0) is 15.0. The first-order valence-electron chi connectivity index (χ1n) is 6.37. The normalized spacial score (nSPS) is 12.3. The molecule has 0 atom stereocenters. The van der Waals surface area contributed by atoms with Crippen molar-refractivity contribution in [1.29, 1.82) is 0 Å². The summed E-state index contributed by atoms with van der Waals surface area (Å²) in [6.45, 7) is 3.15. The summed E-state index contributed by atoms with van der Waals surface area (Å²) in [7, 11) is 0. The third kappa shape index (κ3) is 2.47. The van der Waals surface area contributed by atoms with E-state index >= 15 is 0 Å². The number of carbonyl (C=O) groups is 1. The number of hydrogen-bond acceptors (Lipinski definition) is 6. The van der Waals surface area contributed by atoms with Crippen molar-refractivity contribution in [3.63, 3.8) is 0 Å². The quantitative estimate of drug-likeness (QED) is 0.874. The number of fused-ring (bicyclic) bond motifs is 1. The van der Waals surface area contributed by atoms with E-state index in [1.165, 1.54) is 13.0 Å². The monoisotopic (exact) mass is 287 g/mol. The second-order valence-electron chi connectivity index (χ2n) is 4.67. The van der Waals surface area contributed by atoms with Gasteiger partial charge in [0, 0.05) is 17.8 Å². The molecule has 0 radical (unpaired) electrons. The molecular weight excluding hydrogens is 274 g/mol. The van der Waals surface area contributed by atoms with Gasteiger partial charge < -0.3 is 19.2 Å². The van der Waals surface area contributed by atoms with Gasteiger partial charge in [-0.2, -0.15) is 0 Å². The second-order valence-corrected chi connectivity index (χ2v) is 4.67. The molecular formula is C15H13NO5. The maximum absolute atomic E-state index is 11.9. The Morgan fingerprint density at radius 2 is 1.95 bits per heavy atom. The minimum atomic E-state index is -0.366.